The van der Waals surface area contributed by atoms with E-state index in [1.54, 1.807) is 25.1 Å². The summed E-state index contributed by atoms with van der Waals surface area (Å²) in [5.74, 6) is 1.60. The highest BCUT2D eigenvalue weighted by atomic mass is 16.3. The number of amides is 4. The number of hydrogen-bond donors (Lipinski definition) is 1. The first-order chi connectivity index (χ1) is 31.2. The summed E-state index contributed by atoms with van der Waals surface area (Å²) in [4.78, 5) is 74.5. The van der Waals surface area contributed by atoms with E-state index in [2.05, 4.69) is 57.8 Å². The Balaban J connectivity index is 0.000000249. The Morgan fingerprint density at radius 1 is 0.892 bits per heavy atom. The van der Waals surface area contributed by atoms with Crippen LogP contribution in [0.4, 0.5) is 11.5 Å². The zero-order valence-electron chi connectivity index (χ0n) is 39.5. The molecule has 2 unspecified atom stereocenters. The molecule has 14 nitrogen and oxygen atoms in total. The molecule has 2 saturated heterocycles. The number of piperidine rings is 1. The third-order valence-electron chi connectivity index (χ3n) is 13.7. The Bertz CT molecular complexity index is 2550. The number of hydrogen-bond acceptors (Lipinski definition) is 11. The molecule has 1 N–H and O–H groups in total. The van der Waals surface area contributed by atoms with E-state index in [1.807, 2.05) is 32.3 Å². The van der Waals surface area contributed by atoms with Gasteiger partial charge in [0, 0.05) is 74.6 Å². The zero-order chi connectivity index (χ0) is 46.5. The van der Waals surface area contributed by atoms with E-state index < -0.39 is 23.8 Å². The maximum atomic E-state index is 12.4. The van der Waals surface area contributed by atoms with Gasteiger partial charge in [-0.25, -0.2) is 9.97 Å². The van der Waals surface area contributed by atoms with Crippen molar-refractivity contribution in [1.29, 1.82) is 0 Å². The van der Waals surface area contributed by atoms with Crippen LogP contribution in [-0.4, -0.2) is 109 Å². The second kappa shape index (κ2) is 20.6. The van der Waals surface area contributed by atoms with Crippen molar-refractivity contribution in [1.82, 2.24) is 34.2 Å². The normalized spacial score (nSPS) is 19.7. The van der Waals surface area contributed by atoms with Gasteiger partial charge in [0.1, 0.15) is 11.9 Å². The molecule has 0 bridgehead atoms. The van der Waals surface area contributed by atoms with Crippen LogP contribution in [0.5, 0.6) is 0 Å². The fraction of sp³-hybridized carbons (Fsp3) is 0.529. The van der Waals surface area contributed by atoms with Crippen molar-refractivity contribution in [2.45, 2.75) is 124 Å². The molecule has 0 radical (unpaired) electrons. The molecule has 1 aromatic heterocycles. The molecule has 1 aliphatic carbocycles. The minimum Gasteiger partial charge on any atom is -0.512 e. The number of nitrogens with zero attached hydrogens (tertiary/aromatic N) is 9. The number of carbonyl (C=O) groups is 4. The van der Waals surface area contributed by atoms with Crippen molar-refractivity contribution in [2.24, 2.45) is 16.8 Å². The first-order valence-electron chi connectivity index (χ1n) is 23.7. The smallest absolute Gasteiger partial charge is 0.262 e. The minimum atomic E-state index is -0.889. The predicted molar refractivity (Wildman–Crippen MR) is 253 cm³/mol. The first kappa shape index (κ1) is 47.2. The van der Waals surface area contributed by atoms with Gasteiger partial charge in [-0.3, -0.25) is 33.9 Å². The molecule has 6 aliphatic rings. The molecule has 6 heterocycles. The lowest BCUT2D eigenvalue weighted by atomic mass is 9.92. The maximum Gasteiger partial charge on any atom is 0.262 e. The lowest BCUT2D eigenvalue weighted by Gasteiger charge is -2.37. The average molecular weight is 886 g/mol. The quantitative estimate of drug-likeness (QED) is 0.153. The second-order valence-electron chi connectivity index (χ2n) is 18.9. The molecule has 1 aromatic carbocycles. The van der Waals surface area contributed by atoms with Crippen LogP contribution in [0, 0.1) is 25.7 Å². The van der Waals surface area contributed by atoms with Crippen LogP contribution in [0.3, 0.4) is 0 Å². The molecule has 2 aromatic rings. The number of piperazine rings is 1. The summed E-state index contributed by atoms with van der Waals surface area (Å²) >= 11 is 0. The van der Waals surface area contributed by atoms with E-state index in [1.165, 1.54) is 58.5 Å². The predicted octanol–water partition coefficient (Wildman–Crippen LogP) is 6.63. The molecule has 1 saturated carbocycles. The van der Waals surface area contributed by atoms with Crippen LogP contribution < -0.4 is 21.1 Å². The summed E-state index contributed by atoms with van der Waals surface area (Å²) in [6, 6.07) is 8.53. The van der Waals surface area contributed by atoms with E-state index in [0.717, 1.165) is 99.4 Å². The molecule has 2 atom stereocenters. The van der Waals surface area contributed by atoms with E-state index >= 15 is 0 Å². The number of aryl methyl sites for hydroxylation is 1. The fourth-order valence-corrected chi connectivity index (χ4v) is 9.97. The van der Waals surface area contributed by atoms with Crippen LogP contribution in [-0.2, 0) is 9.59 Å². The van der Waals surface area contributed by atoms with E-state index in [9.17, 15) is 24.3 Å². The van der Waals surface area contributed by atoms with Crippen molar-refractivity contribution in [2.75, 3.05) is 44.7 Å². The first-order valence-corrected chi connectivity index (χ1v) is 23.7. The number of anilines is 1. The number of imide groups is 2. The number of aromatic nitrogens is 4. The molecule has 3 fully saturated rings. The lowest BCUT2D eigenvalue weighted by Crippen LogP contribution is -2.54. The number of pyridine rings is 2. The second-order valence-corrected chi connectivity index (χ2v) is 18.9. The summed E-state index contributed by atoms with van der Waals surface area (Å²) < 4.78 is 2.21. The molecular weight excluding hydrogens is 819 g/mol. The molecule has 14 heteroatoms. The molecule has 0 spiro atoms. The Morgan fingerprint density at radius 2 is 1.62 bits per heavy atom. The average Bonchev–Trinajstić information content (AvgIpc) is 3.90. The largest absolute Gasteiger partial charge is 0.512 e. The third kappa shape index (κ3) is 10.4. The van der Waals surface area contributed by atoms with Gasteiger partial charge in [0.05, 0.1) is 28.8 Å². The van der Waals surface area contributed by atoms with Crippen molar-refractivity contribution in [3.63, 3.8) is 0 Å². The van der Waals surface area contributed by atoms with Crippen molar-refractivity contribution in [3.8, 4) is 11.4 Å². The highest BCUT2D eigenvalue weighted by molar-refractivity contribution is 6.23. The SMILES string of the molecule is C=c1/c(=C(\C)O)c(C)c2cnc(=Nc3ccc(N4CCN(CC(CCCC)CCC(C)C)CC4)cn3)nc-2n1C1CCCC1.Cc1ccc2c(c1)C(=O)N(C1CCC(=O)N(C)C1=O)C2=O. The van der Waals surface area contributed by atoms with Crippen LogP contribution in [0.15, 0.2) is 47.7 Å². The molecule has 8 rings (SSSR count). The molecule has 65 heavy (non-hydrogen) atoms. The van der Waals surface area contributed by atoms with Gasteiger partial charge in [-0.1, -0.05) is 71.1 Å². The molecule has 4 amide bonds. The Labute approximate surface area is 383 Å². The number of likely N-dealkylation sites (tertiary alicyclic amines) is 1. The van der Waals surface area contributed by atoms with Gasteiger partial charge in [-0.15, -0.1) is 0 Å². The maximum absolute atomic E-state index is 12.4. The lowest BCUT2D eigenvalue weighted by molar-refractivity contribution is -0.149. The number of fused-ring (bicyclic) bond motifs is 2. The van der Waals surface area contributed by atoms with Gasteiger partial charge < -0.3 is 14.6 Å². The number of benzene rings is 1. The van der Waals surface area contributed by atoms with Gasteiger partial charge >= 0.3 is 0 Å². The van der Waals surface area contributed by atoms with E-state index in [-0.39, 0.29) is 24.5 Å². The van der Waals surface area contributed by atoms with Crippen LogP contribution in [0.25, 0.3) is 23.7 Å². The highest BCUT2D eigenvalue weighted by Gasteiger charge is 2.46. The number of aliphatic hydroxyl groups is 1. The number of likely N-dealkylation sites (N-methyl/N-ethyl adjacent to an activating group) is 1. The summed E-state index contributed by atoms with van der Waals surface area (Å²) in [6.45, 7) is 22.4. The van der Waals surface area contributed by atoms with Gasteiger partial charge in [0.15, 0.2) is 5.82 Å². The number of aliphatic hydroxyl groups excluding tert-OH is 1. The number of rotatable bonds is 12. The fourth-order valence-electron chi connectivity index (χ4n) is 9.97. The van der Waals surface area contributed by atoms with E-state index in [0.29, 0.717) is 28.6 Å². The summed E-state index contributed by atoms with van der Waals surface area (Å²) in [6.07, 6.45) is 15.3. The number of carbonyl (C=O) groups excluding carboxylic acids is 4. The Morgan fingerprint density at radius 3 is 2.28 bits per heavy atom. The topological polar surface area (TPSA) is 157 Å². The Kier molecular flexibility index (Phi) is 15.0. The van der Waals surface area contributed by atoms with Crippen LogP contribution in [0.1, 0.15) is 136 Å². The van der Waals surface area contributed by atoms with Crippen LogP contribution in [0.2, 0.25) is 0 Å². The molecule has 5 aliphatic heterocycles. The minimum absolute atomic E-state index is 0.152. The van der Waals surface area contributed by atoms with Crippen molar-refractivity contribution < 1.29 is 24.3 Å². The zero-order valence-corrected chi connectivity index (χ0v) is 39.5. The molecular formula is C51H67N9O5. The van der Waals surface area contributed by atoms with Crippen molar-refractivity contribution >= 4 is 47.5 Å². The summed E-state index contributed by atoms with van der Waals surface area (Å²) in [5.41, 5.74) is 4.92. The van der Waals surface area contributed by atoms with E-state index in [4.69, 9.17) is 9.98 Å². The standard InChI is InChI=1S/C36H53N7O.C15H14N2O4/c1-7-8-11-29(15-14-25(2)3)24-41-18-20-42(21-19-41)31-16-17-33(37-22-31)39-36-38-23-32-26(4)34(28(6)44)27(5)43(35(32)40-36)30-12-9-10-13-30;1-8-3-4-9-10(7-8)14(20)17(13(9)19)11-5-6-12(18)16(2)15(11)21/h16-17,22-23,25,29-30,44H,5,7-15,18-21,24H2,1-4,6H3;3-4,7,11H,5-6H2,1-2H3/b34-28+,39-36?;. The summed E-state index contributed by atoms with van der Waals surface area (Å²) in [7, 11) is 1.37. The summed E-state index contributed by atoms with van der Waals surface area (Å²) in [5, 5.41) is 12.1. The van der Waals surface area contributed by atoms with Gasteiger partial charge in [0.25, 0.3) is 23.3 Å². The molecule has 346 valence electrons. The van der Waals surface area contributed by atoms with Gasteiger partial charge in [0.2, 0.25) is 5.91 Å². The monoisotopic (exact) mass is 886 g/mol. The van der Waals surface area contributed by atoms with Gasteiger partial charge in [-0.05, 0) is 94.5 Å². The third-order valence-corrected chi connectivity index (χ3v) is 13.7. The van der Waals surface area contributed by atoms with Gasteiger partial charge in [-0.2, -0.15) is 9.98 Å². The Hall–Kier alpha value is -5.76. The highest BCUT2D eigenvalue weighted by Crippen LogP contribution is 2.33. The number of unbranched alkanes of at least 4 members (excludes halogenated alkanes) is 1. The van der Waals surface area contributed by atoms with Crippen LogP contribution >= 0.6 is 0 Å². The van der Waals surface area contributed by atoms with Crippen molar-refractivity contribution in [3.05, 3.63) is 81.2 Å².